The quantitative estimate of drug-likeness (QED) is 0.684. The molecule has 0 unspecified atom stereocenters. The molecule has 0 saturated heterocycles. The smallest absolute Gasteiger partial charge is 0.142 e. The molecule has 2 nitrogen and oxygen atoms in total. The molecule has 12 heavy (non-hydrogen) atoms. The van der Waals surface area contributed by atoms with E-state index in [-0.39, 0.29) is 0 Å². The number of benzene rings is 1. The van der Waals surface area contributed by atoms with Gasteiger partial charge in [0.2, 0.25) is 0 Å². The zero-order valence-electron chi connectivity index (χ0n) is 7.26. The molecule has 0 aromatic heterocycles. The van der Waals surface area contributed by atoms with Crippen LogP contribution in [0, 0.1) is 0 Å². The fraction of sp³-hybridized carbons (Fsp3) is 0.400. The highest BCUT2D eigenvalue weighted by Gasteiger charge is 2.08. The highest BCUT2D eigenvalue weighted by Crippen LogP contribution is 2.27. The van der Waals surface area contributed by atoms with Crippen molar-refractivity contribution >= 4 is 5.69 Å². The average molecular weight is 163 g/mol. The largest absolute Gasteiger partial charge is 0.490 e. The summed E-state index contributed by atoms with van der Waals surface area (Å²) in [5, 5.41) is 3.31. The van der Waals surface area contributed by atoms with Gasteiger partial charge in [-0.05, 0) is 24.1 Å². The predicted octanol–water partition coefficient (Wildman–Crippen LogP) is 2.05. The molecule has 0 saturated carbocycles. The van der Waals surface area contributed by atoms with Crippen molar-refractivity contribution in [3.8, 4) is 5.75 Å². The highest BCUT2D eigenvalue weighted by atomic mass is 16.5. The molecule has 0 radical (unpaired) electrons. The molecule has 1 aliphatic rings. The van der Waals surface area contributed by atoms with Crippen LogP contribution in [0.3, 0.4) is 0 Å². The summed E-state index contributed by atoms with van der Waals surface area (Å²) in [6, 6.07) is 6.32. The van der Waals surface area contributed by atoms with Crippen molar-refractivity contribution in [2.45, 2.75) is 13.3 Å². The van der Waals surface area contributed by atoms with Gasteiger partial charge in [-0.2, -0.15) is 0 Å². The minimum atomic E-state index is 0.776. The maximum atomic E-state index is 5.46. The molecule has 2 rings (SSSR count). The SMILES string of the molecule is CCc1ccc2c(c1)NCCO2. The third-order valence-corrected chi connectivity index (χ3v) is 2.13. The van der Waals surface area contributed by atoms with Crippen molar-refractivity contribution in [3.05, 3.63) is 23.8 Å². The second-order valence-electron chi connectivity index (χ2n) is 2.96. The van der Waals surface area contributed by atoms with Crippen LogP contribution in [0.5, 0.6) is 5.75 Å². The van der Waals surface area contributed by atoms with Crippen LogP contribution < -0.4 is 10.1 Å². The molecule has 2 heteroatoms. The second-order valence-corrected chi connectivity index (χ2v) is 2.96. The normalized spacial score (nSPS) is 14.4. The summed E-state index contributed by atoms with van der Waals surface area (Å²) >= 11 is 0. The molecule has 1 aliphatic heterocycles. The van der Waals surface area contributed by atoms with Crippen LogP contribution in [-0.2, 0) is 6.42 Å². The first-order valence-electron chi connectivity index (χ1n) is 4.40. The van der Waals surface area contributed by atoms with E-state index in [9.17, 15) is 0 Å². The Hall–Kier alpha value is -1.18. The van der Waals surface area contributed by atoms with E-state index in [1.165, 1.54) is 5.56 Å². The van der Waals surface area contributed by atoms with Gasteiger partial charge in [0, 0.05) is 6.54 Å². The second kappa shape index (κ2) is 3.05. The minimum Gasteiger partial charge on any atom is -0.490 e. The summed E-state index contributed by atoms with van der Waals surface area (Å²) in [5.41, 5.74) is 2.49. The van der Waals surface area contributed by atoms with Crippen molar-refractivity contribution < 1.29 is 4.74 Å². The Kier molecular flexibility index (Phi) is 1.90. The molecular weight excluding hydrogens is 150 g/mol. The Morgan fingerprint density at radius 2 is 2.42 bits per heavy atom. The highest BCUT2D eigenvalue weighted by molar-refractivity contribution is 5.59. The topological polar surface area (TPSA) is 21.3 Å². The number of aryl methyl sites for hydroxylation is 1. The van der Waals surface area contributed by atoms with Crippen LogP contribution in [0.1, 0.15) is 12.5 Å². The first-order chi connectivity index (χ1) is 5.90. The number of rotatable bonds is 1. The van der Waals surface area contributed by atoms with E-state index in [1.54, 1.807) is 0 Å². The van der Waals surface area contributed by atoms with Gasteiger partial charge in [-0.15, -0.1) is 0 Å². The Labute approximate surface area is 72.5 Å². The number of ether oxygens (including phenoxy) is 1. The first kappa shape index (κ1) is 7.47. The van der Waals surface area contributed by atoms with E-state index in [0.717, 1.165) is 31.0 Å². The van der Waals surface area contributed by atoms with E-state index in [2.05, 4.69) is 24.4 Å². The van der Waals surface area contributed by atoms with Crippen molar-refractivity contribution in [1.29, 1.82) is 0 Å². The number of anilines is 1. The lowest BCUT2D eigenvalue weighted by molar-refractivity contribution is 0.323. The predicted molar refractivity (Wildman–Crippen MR) is 49.8 cm³/mol. The Balaban J connectivity index is 2.36. The molecule has 1 aromatic rings. The summed E-state index contributed by atoms with van der Waals surface area (Å²) in [5.74, 6) is 0.985. The van der Waals surface area contributed by atoms with Crippen molar-refractivity contribution in [2.75, 3.05) is 18.5 Å². The van der Waals surface area contributed by atoms with E-state index in [4.69, 9.17) is 4.74 Å². The Morgan fingerprint density at radius 3 is 3.25 bits per heavy atom. The van der Waals surface area contributed by atoms with E-state index < -0.39 is 0 Å². The van der Waals surface area contributed by atoms with Crippen LogP contribution in [-0.4, -0.2) is 13.2 Å². The van der Waals surface area contributed by atoms with Crippen LogP contribution in [0.15, 0.2) is 18.2 Å². The third-order valence-electron chi connectivity index (χ3n) is 2.13. The molecule has 0 spiro atoms. The van der Waals surface area contributed by atoms with Gasteiger partial charge in [0.15, 0.2) is 0 Å². The molecule has 0 bridgehead atoms. The molecular formula is C10H13NO. The van der Waals surface area contributed by atoms with Crippen LogP contribution >= 0.6 is 0 Å². The van der Waals surface area contributed by atoms with Gasteiger partial charge in [0.05, 0.1) is 5.69 Å². The molecule has 1 aromatic carbocycles. The van der Waals surface area contributed by atoms with Gasteiger partial charge in [-0.3, -0.25) is 0 Å². The Morgan fingerprint density at radius 1 is 1.50 bits per heavy atom. The lowest BCUT2D eigenvalue weighted by Gasteiger charge is -2.19. The number of fused-ring (bicyclic) bond motifs is 1. The standard InChI is InChI=1S/C10H13NO/c1-2-8-3-4-10-9(7-8)11-5-6-12-10/h3-4,7,11H,2,5-6H2,1H3. The van der Waals surface area contributed by atoms with Crippen molar-refractivity contribution in [2.24, 2.45) is 0 Å². The molecule has 0 amide bonds. The van der Waals surface area contributed by atoms with Crippen LogP contribution in [0.2, 0.25) is 0 Å². The summed E-state index contributed by atoms with van der Waals surface area (Å²) in [6.45, 7) is 3.85. The molecule has 64 valence electrons. The monoisotopic (exact) mass is 163 g/mol. The molecule has 0 atom stereocenters. The van der Waals surface area contributed by atoms with Gasteiger partial charge in [-0.25, -0.2) is 0 Å². The maximum Gasteiger partial charge on any atom is 0.142 e. The van der Waals surface area contributed by atoms with Crippen LogP contribution in [0.25, 0.3) is 0 Å². The summed E-state index contributed by atoms with van der Waals surface area (Å²) in [6.07, 6.45) is 1.08. The van der Waals surface area contributed by atoms with Gasteiger partial charge < -0.3 is 10.1 Å². The summed E-state index contributed by atoms with van der Waals surface area (Å²) in [7, 11) is 0. The van der Waals surface area contributed by atoms with Crippen molar-refractivity contribution in [1.82, 2.24) is 0 Å². The molecule has 0 aliphatic carbocycles. The summed E-state index contributed by atoms with van der Waals surface area (Å²) < 4.78 is 5.46. The molecule has 0 fully saturated rings. The van der Waals surface area contributed by atoms with Gasteiger partial charge in [-0.1, -0.05) is 13.0 Å². The zero-order valence-corrected chi connectivity index (χ0v) is 7.26. The van der Waals surface area contributed by atoms with Gasteiger partial charge >= 0.3 is 0 Å². The van der Waals surface area contributed by atoms with Gasteiger partial charge in [0.25, 0.3) is 0 Å². The van der Waals surface area contributed by atoms with Crippen LogP contribution in [0.4, 0.5) is 5.69 Å². The lowest BCUT2D eigenvalue weighted by atomic mass is 10.1. The molecule has 1 N–H and O–H groups in total. The number of hydrogen-bond donors (Lipinski definition) is 1. The first-order valence-corrected chi connectivity index (χ1v) is 4.40. The number of hydrogen-bond acceptors (Lipinski definition) is 2. The fourth-order valence-electron chi connectivity index (χ4n) is 1.41. The average Bonchev–Trinajstić information content (AvgIpc) is 2.17. The van der Waals surface area contributed by atoms with Crippen molar-refractivity contribution in [3.63, 3.8) is 0 Å². The van der Waals surface area contributed by atoms with E-state index >= 15 is 0 Å². The number of nitrogens with one attached hydrogen (secondary N) is 1. The minimum absolute atomic E-state index is 0.776. The van der Waals surface area contributed by atoms with E-state index in [1.807, 2.05) is 6.07 Å². The van der Waals surface area contributed by atoms with Gasteiger partial charge in [0.1, 0.15) is 12.4 Å². The zero-order chi connectivity index (χ0) is 8.39. The molecule has 1 heterocycles. The van der Waals surface area contributed by atoms with E-state index in [0.29, 0.717) is 0 Å². The maximum absolute atomic E-state index is 5.46. The lowest BCUT2D eigenvalue weighted by Crippen LogP contribution is -2.17. The summed E-state index contributed by atoms with van der Waals surface area (Å²) in [4.78, 5) is 0. The Bertz CT molecular complexity index is 283. The third kappa shape index (κ3) is 1.24. The fourth-order valence-corrected chi connectivity index (χ4v) is 1.41.